The van der Waals surface area contributed by atoms with Gasteiger partial charge in [-0.2, -0.15) is 5.10 Å². The van der Waals surface area contributed by atoms with Crippen molar-refractivity contribution in [3.8, 4) is 0 Å². The number of hydrogen-bond donors (Lipinski definition) is 1. The molecule has 0 fully saturated rings. The van der Waals surface area contributed by atoms with Gasteiger partial charge in [-0.1, -0.05) is 23.7 Å². The van der Waals surface area contributed by atoms with E-state index < -0.39 is 0 Å². The van der Waals surface area contributed by atoms with Gasteiger partial charge in [-0.3, -0.25) is 9.48 Å². The zero-order chi connectivity index (χ0) is 15.9. The normalized spacial score (nSPS) is 12.1. The Hall–Kier alpha value is -1.85. The van der Waals surface area contributed by atoms with E-state index >= 15 is 0 Å². The Morgan fingerprint density at radius 1 is 1.50 bits per heavy atom. The van der Waals surface area contributed by atoms with E-state index in [1.54, 1.807) is 18.0 Å². The molecule has 0 spiro atoms. The minimum absolute atomic E-state index is 0.00655. The Morgan fingerprint density at radius 2 is 2.32 bits per heavy atom. The van der Waals surface area contributed by atoms with E-state index in [2.05, 4.69) is 10.4 Å². The van der Waals surface area contributed by atoms with Crippen molar-refractivity contribution in [2.24, 2.45) is 7.05 Å². The lowest BCUT2D eigenvalue weighted by molar-refractivity contribution is -0.121. The molecule has 0 radical (unpaired) electrons. The molecule has 0 aliphatic carbocycles. The molecule has 1 N–H and O–H groups in total. The maximum atomic E-state index is 11.9. The molecule has 22 heavy (non-hydrogen) atoms. The minimum Gasteiger partial charge on any atom is -0.375 e. The first-order valence-electron chi connectivity index (χ1n) is 7.11. The van der Waals surface area contributed by atoms with Crippen LogP contribution in [0.5, 0.6) is 0 Å². The first kappa shape index (κ1) is 16.5. The topological polar surface area (TPSA) is 56.1 Å². The summed E-state index contributed by atoms with van der Waals surface area (Å²) in [6.45, 7) is 0.419. The third-order valence-electron chi connectivity index (χ3n) is 3.39. The first-order chi connectivity index (χ1) is 10.6. The molecule has 0 saturated carbocycles. The Kier molecular flexibility index (Phi) is 5.98. The van der Waals surface area contributed by atoms with E-state index in [-0.39, 0.29) is 12.0 Å². The molecule has 6 heteroatoms. The third kappa shape index (κ3) is 4.86. The van der Waals surface area contributed by atoms with Crippen LogP contribution in [-0.2, 0) is 23.0 Å². The molecule has 1 aromatic heterocycles. The van der Waals surface area contributed by atoms with E-state index in [1.807, 2.05) is 37.5 Å². The number of amides is 1. The van der Waals surface area contributed by atoms with Gasteiger partial charge in [0.1, 0.15) is 0 Å². The average Bonchev–Trinajstić information content (AvgIpc) is 2.91. The number of methoxy groups -OCH3 is 1. The van der Waals surface area contributed by atoms with Crippen LogP contribution < -0.4 is 5.32 Å². The highest BCUT2D eigenvalue weighted by Gasteiger charge is 2.12. The number of ether oxygens (including phenoxy) is 1. The van der Waals surface area contributed by atoms with Gasteiger partial charge in [-0.05, 0) is 29.7 Å². The predicted octanol–water partition coefficient (Wildman–Crippen LogP) is 2.51. The van der Waals surface area contributed by atoms with Crippen LogP contribution in [0.25, 0.3) is 0 Å². The summed E-state index contributed by atoms with van der Waals surface area (Å²) in [5.74, 6) is -0.00655. The lowest BCUT2D eigenvalue weighted by Crippen LogP contribution is -2.29. The molecule has 118 valence electrons. The molecule has 0 aliphatic rings. The van der Waals surface area contributed by atoms with Crippen molar-refractivity contribution >= 4 is 17.5 Å². The number of nitrogens with one attached hydrogen (secondary N) is 1. The van der Waals surface area contributed by atoms with Gasteiger partial charge in [-0.25, -0.2) is 0 Å². The van der Waals surface area contributed by atoms with Crippen molar-refractivity contribution in [2.45, 2.75) is 18.9 Å². The van der Waals surface area contributed by atoms with Crippen LogP contribution >= 0.6 is 11.6 Å². The number of hydrogen-bond acceptors (Lipinski definition) is 3. The van der Waals surface area contributed by atoms with Gasteiger partial charge in [0, 0.05) is 38.3 Å². The summed E-state index contributed by atoms with van der Waals surface area (Å²) in [5.41, 5.74) is 2.00. The molecule has 0 bridgehead atoms. The predicted molar refractivity (Wildman–Crippen MR) is 85.7 cm³/mol. The minimum atomic E-state index is -0.207. The second kappa shape index (κ2) is 7.96. The highest BCUT2D eigenvalue weighted by molar-refractivity contribution is 6.30. The summed E-state index contributed by atoms with van der Waals surface area (Å²) >= 11 is 5.98. The summed E-state index contributed by atoms with van der Waals surface area (Å²) in [4.78, 5) is 11.9. The maximum Gasteiger partial charge on any atom is 0.220 e. The Bertz CT molecular complexity index is 627. The molecular weight excluding hydrogens is 302 g/mol. The van der Waals surface area contributed by atoms with Crippen LogP contribution in [0.1, 0.15) is 23.7 Å². The maximum absolute atomic E-state index is 11.9. The summed E-state index contributed by atoms with van der Waals surface area (Å²) in [6, 6.07) is 7.46. The van der Waals surface area contributed by atoms with Crippen LogP contribution in [-0.4, -0.2) is 29.3 Å². The molecule has 0 aliphatic heterocycles. The number of carbonyl (C=O) groups is 1. The fourth-order valence-electron chi connectivity index (χ4n) is 2.20. The highest BCUT2D eigenvalue weighted by Crippen LogP contribution is 2.19. The van der Waals surface area contributed by atoms with E-state index in [1.165, 1.54) is 0 Å². The van der Waals surface area contributed by atoms with Crippen LogP contribution in [0, 0.1) is 0 Å². The van der Waals surface area contributed by atoms with Gasteiger partial charge in [0.2, 0.25) is 5.91 Å². The number of nitrogens with zero attached hydrogens (tertiary/aromatic N) is 2. The van der Waals surface area contributed by atoms with Crippen LogP contribution in [0.15, 0.2) is 36.7 Å². The van der Waals surface area contributed by atoms with Gasteiger partial charge >= 0.3 is 0 Å². The van der Waals surface area contributed by atoms with E-state index in [9.17, 15) is 4.79 Å². The Morgan fingerprint density at radius 3 is 2.95 bits per heavy atom. The smallest absolute Gasteiger partial charge is 0.220 e. The van der Waals surface area contributed by atoms with Crippen LogP contribution in [0.2, 0.25) is 5.02 Å². The van der Waals surface area contributed by atoms with Crippen molar-refractivity contribution < 1.29 is 9.53 Å². The SMILES string of the molecule is COC(CNC(=O)CCc1cnn(C)c1)c1cccc(Cl)c1. The van der Waals surface area contributed by atoms with Gasteiger partial charge in [-0.15, -0.1) is 0 Å². The summed E-state index contributed by atoms with van der Waals surface area (Å²) in [5, 5.41) is 7.63. The summed E-state index contributed by atoms with van der Waals surface area (Å²) < 4.78 is 7.15. The molecule has 5 nitrogen and oxygen atoms in total. The summed E-state index contributed by atoms with van der Waals surface area (Å²) in [6.07, 6.45) is 4.58. The molecular formula is C16H20ClN3O2. The number of aryl methyl sites for hydroxylation is 2. The largest absolute Gasteiger partial charge is 0.375 e. The molecule has 1 atom stereocenters. The average molecular weight is 322 g/mol. The van der Waals surface area contributed by atoms with E-state index in [4.69, 9.17) is 16.3 Å². The molecule has 1 heterocycles. The standard InChI is InChI=1S/C16H20ClN3O2/c1-20-11-12(9-19-20)6-7-16(21)18-10-15(22-2)13-4-3-5-14(17)8-13/h3-5,8-9,11,15H,6-7,10H2,1-2H3,(H,18,21). The quantitative estimate of drug-likeness (QED) is 0.852. The highest BCUT2D eigenvalue weighted by atomic mass is 35.5. The van der Waals surface area contributed by atoms with Crippen molar-refractivity contribution in [3.05, 3.63) is 52.8 Å². The lowest BCUT2D eigenvalue weighted by atomic mass is 10.1. The van der Waals surface area contributed by atoms with Gasteiger partial charge in [0.05, 0.1) is 12.3 Å². The van der Waals surface area contributed by atoms with Crippen molar-refractivity contribution in [1.82, 2.24) is 15.1 Å². The number of aromatic nitrogens is 2. The lowest BCUT2D eigenvalue weighted by Gasteiger charge is -2.16. The zero-order valence-electron chi connectivity index (χ0n) is 12.8. The fraction of sp³-hybridized carbons (Fsp3) is 0.375. The van der Waals surface area contributed by atoms with Crippen molar-refractivity contribution in [2.75, 3.05) is 13.7 Å². The summed E-state index contributed by atoms with van der Waals surface area (Å²) in [7, 11) is 3.48. The van der Waals surface area contributed by atoms with Gasteiger partial charge in [0.15, 0.2) is 0 Å². The van der Waals surface area contributed by atoms with Gasteiger partial charge in [0.25, 0.3) is 0 Å². The monoisotopic (exact) mass is 321 g/mol. The van der Waals surface area contributed by atoms with Crippen molar-refractivity contribution in [1.29, 1.82) is 0 Å². The molecule has 1 aromatic carbocycles. The molecule has 2 aromatic rings. The second-order valence-corrected chi connectivity index (χ2v) is 5.54. The molecule has 2 rings (SSSR count). The number of rotatable bonds is 7. The number of carbonyl (C=O) groups excluding carboxylic acids is 1. The van der Waals surface area contributed by atoms with E-state index in [0.717, 1.165) is 11.1 Å². The van der Waals surface area contributed by atoms with Crippen LogP contribution in [0.4, 0.5) is 0 Å². The van der Waals surface area contributed by atoms with Crippen LogP contribution in [0.3, 0.4) is 0 Å². The Balaban J connectivity index is 1.81. The molecule has 1 unspecified atom stereocenters. The molecule has 0 saturated heterocycles. The molecule has 1 amide bonds. The Labute approximate surface area is 135 Å². The first-order valence-corrected chi connectivity index (χ1v) is 7.48. The fourth-order valence-corrected chi connectivity index (χ4v) is 2.40. The van der Waals surface area contributed by atoms with Gasteiger partial charge < -0.3 is 10.1 Å². The second-order valence-electron chi connectivity index (χ2n) is 5.11. The third-order valence-corrected chi connectivity index (χ3v) is 3.62. The number of halogens is 1. The zero-order valence-corrected chi connectivity index (χ0v) is 13.5. The number of benzene rings is 1. The van der Waals surface area contributed by atoms with E-state index in [0.29, 0.717) is 24.4 Å². The van der Waals surface area contributed by atoms with Crippen molar-refractivity contribution in [3.63, 3.8) is 0 Å².